The quantitative estimate of drug-likeness (QED) is 0.552. The van der Waals surface area contributed by atoms with Crippen molar-refractivity contribution in [1.82, 2.24) is 4.57 Å². The van der Waals surface area contributed by atoms with Crippen LogP contribution >= 0.6 is 11.8 Å². The molecule has 0 aliphatic rings. The second kappa shape index (κ2) is 6.56. The molecule has 4 heteroatoms. The maximum Gasteiger partial charge on any atom is 0.354 e. The van der Waals surface area contributed by atoms with Crippen molar-refractivity contribution < 1.29 is 9.53 Å². The molecule has 0 saturated heterocycles. The van der Waals surface area contributed by atoms with E-state index in [0.29, 0.717) is 12.3 Å². The molecule has 0 amide bonds. The van der Waals surface area contributed by atoms with Crippen molar-refractivity contribution in [3.05, 3.63) is 24.0 Å². The highest BCUT2D eigenvalue weighted by atomic mass is 32.2. The van der Waals surface area contributed by atoms with Crippen molar-refractivity contribution in [2.24, 2.45) is 0 Å². The van der Waals surface area contributed by atoms with Gasteiger partial charge in [0.25, 0.3) is 0 Å². The third-order valence-electron chi connectivity index (χ3n) is 1.99. The van der Waals surface area contributed by atoms with Gasteiger partial charge in [-0.2, -0.15) is 11.8 Å². The molecule has 0 fully saturated rings. The number of thioether (sulfide) groups is 1. The van der Waals surface area contributed by atoms with Gasteiger partial charge in [0, 0.05) is 18.5 Å². The van der Waals surface area contributed by atoms with Crippen LogP contribution in [-0.4, -0.2) is 28.6 Å². The minimum Gasteiger partial charge on any atom is -0.461 e. The first-order valence-corrected chi connectivity index (χ1v) is 6.35. The molecule has 1 aromatic heterocycles. The van der Waals surface area contributed by atoms with E-state index in [0.717, 1.165) is 18.1 Å². The molecule has 0 atom stereocenters. The van der Waals surface area contributed by atoms with Gasteiger partial charge in [-0.1, -0.05) is 6.92 Å². The Labute approximate surface area is 94.8 Å². The highest BCUT2D eigenvalue weighted by Gasteiger charge is 2.10. The van der Waals surface area contributed by atoms with Crippen molar-refractivity contribution in [3.63, 3.8) is 0 Å². The Balaban J connectivity index is 2.56. The number of hydrogen-bond donors (Lipinski definition) is 0. The smallest absolute Gasteiger partial charge is 0.354 e. The van der Waals surface area contributed by atoms with E-state index < -0.39 is 0 Å². The number of rotatable bonds is 6. The van der Waals surface area contributed by atoms with Gasteiger partial charge in [-0.15, -0.1) is 0 Å². The van der Waals surface area contributed by atoms with Crippen LogP contribution in [0.25, 0.3) is 0 Å². The normalized spacial score (nSPS) is 10.3. The molecule has 0 aromatic carbocycles. The van der Waals surface area contributed by atoms with Crippen LogP contribution in [0.15, 0.2) is 18.3 Å². The molecule has 1 rings (SSSR count). The van der Waals surface area contributed by atoms with Crippen molar-refractivity contribution in [1.29, 1.82) is 0 Å². The van der Waals surface area contributed by atoms with Gasteiger partial charge in [-0.05, 0) is 24.8 Å². The first-order chi connectivity index (χ1) is 7.29. The molecule has 0 bridgehead atoms. The number of aromatic nitrogens is 1. The average molecular weight is 227 g/mol. The van der Waals surface area contributed by atoms with Gasteiger partial charge >= 0.3 is 5.97 Å². The fraction of sp³-hybridized carbons (Fsp3) is 0.545. The molecule has 0 aliphatic heterocycles. The lowest BCUT2D eigenvalue weighted by Crippen LogP contribution is -2.12. The van der Waals surface area contributed by atoms with Crippen LogP contribution < -0.4 is 0 Å². The Kier molecular flexibility index (Phi) is 5.32. The average Bonchev–Trinajstić information content (AvgIpc) is 2.67. The van der Waals surface area contributed by atoms with E-state index in [4.69, 9.17) is 4.74 Å². The summed E-state index contributed by atoms with van der Waals surface area (Å²) in [4.78, 5) is 11.5. The summed E-state index contributed by atoms with van der Waals surface area (Å²) < 4.78 is 6.91. The SMILES string of the molecule is CCOC(=O)c1cccn1CCSCC. The molecule has 0 N–H and O–H groups in total. The Morgan fingerprint density at radius 2 is 2.33 bits per heavy atom. The van der Waals surface area contributed by atoms with Crippen LogP contribution in [0.4, 0.5) is 0 Å². The molecular weight excluding hydrogens is 210 g/mol. The Bertz CT molecular complexity index is 309. The highest BCUT2D eigenvalue weighted by molar-refractivity contribution is 7.99. The summed E-state index contributed by atoms with van der Waals surface area (Å²) >= 11 is 1.87. The zero-order valence-corrected chi connectivity index (χ0v) is 10.0. The van der Waals surface area contributed by atoms with E-state index in [1.54, 1.807) is 6.07 Å². The Morgan fingerprint density at radius 3 is 3.00 bits per heavy atom. The summed E-state index contributed by atoms with van der Waals surface area (Å²) in [6, 6.07) is 3.68. The van der Waals surface area contributed by atoms with Gasteiger partial charge in [0.15, 0.2) is 0 Å². The number of aryl methyl sites for hydroxylation is 1. The molecule has 0 spiro atoms. The maximum atomic E-state index is 11.5. The summed E-state index contributed by atoms with van der Waals surface area (Å²) in [5, 5.41) is 0. The predicted molar refractivity (Wildman–Crippen MR) is 63.4 cm³/mol. The zero-order chi connectivity index (χ0) is 11.1. The molecule has 1 heterocycles. The minimum absolute atomic E-state index is 0.232. The minimum atomic E-state index is -0.232. The fourth-order valence-corrected chi connectivity index (χ4v) is 1.92. The van der Waals surface area contributed by atoms with Crippen molar-refractivity contribution in [3.8, 4) is 0 Å². The van der Waals surface area contributed by atoms with E-state index in [2.05, 4.69) is 6.92 Å². The van der Waals surface area contributed by atoms with Crippen LogP contribution in [-0.2, 0) is 11.3 Å². The lowest BCUT2D eigenvalue weighted by Gasteiger charge is -2.07. The number of hydrogen-bond acceptors (Lipinski definition) is 3. The molecular formula is C11H17NO2S. The lowest BCUT2D eigenvalue weighted by molar-refractivity contribution is 0.0514. The van der Waals surface area contributed by atoms with E-state index in [9.17, 15) is 4.79 Å². The molecule has 0 radical (unpaired) electrons. The van der Waals surface area contributed by atoms with Crippen LogP contribution in [0.1, 0.15) is 24.3 Å². The molecule has 15 heavy (non-hydrogen) atoms. The molecule has 0 aliphatic carbocycles. The van der Waals surface area contributed by atoms with Crippen molar-refractivity contribution in [2.45, 2.75) is 20.4 Å². The second-order valence-corrected chi connectivity index (χ2v) is 4.40. The highest BCUT2D eigenvalue weighted by Crippen LogP contribution is 2.07. The molecule has 0 saturated carbocycles. The van der Waals surface area contributed by atoms with Crippen LogP contribution in [0, 0.1) is 0 Å². The number of carbonyl (C=O) groups excluding carboxylic acids is 1. The Hall–Kier alpha value is -0.900. The lowest BCUT2D eigenvalue weighted by atomic mass is 10.4. The van der Waals surface area contributed by atoms with Gasteiger partial charge < -0.3 is 9.30 Å². The molecule has 84 valence electrons. The molecule has 3 nitrogen and oxygen atoms in total. The third kappa shape index (κ3) is 3.63. The number of esters is 1. The Morgan fingerprint density at radius 1 is 1.53 bits per heavy atom. The van der Waals surface area contributed by atoms with E-state index in [1.807, 2.05) is 35.5 Å². The summed E-state index contributed by atoms with van der Waals surface area (Å²) in [6.45, 7) is 5.23. The van der Waals surface area contributed by atoms with Gasteiger partial charge in [0.05, 0.1) is 6.61 Å². The maximum absolute atomic E-state index is 11.5. The first kappa shape index (κ1) is 12.2. The largest absolute Gasteiger partial charge is 0.461 e. The number of ether oxygens (including phenoxy) is 1. The monoisotopic (exact) mass is 227 g/mol. The number of carbonyl (C=O) groups is 1. The molecule has 0 unspecified atom stereocenters. The summed E-state index contributed by atoms with van der Waals surface area (Å²) in [5.41, 5.74) is 0.647. The summed E-state index contributed by atoms with van der Waals surface area (Å²) in [7, 11) is 0. The van der Waals surface area contributed by atoms with Crippen molar-refractivity contribution in [2.75, 3.05) is 18.1 Å². The van der Waals surface area contributed by atoms with Crippen molar-refractivity contribution >= 4 is 17.7 Å². The molecule has 1 aromatic rings. The second-order valence-electron chi connectivity index (χ2n) is 3.00. The van der Waals surface area contributed by atoms with Gasteiger partial charge in [0.1, 0.15) is 5.69 Å². The first-order valence-electron chi connectivity index (χ1n) is 5.19. The summed E-state index contributed by atoms with van der Waals surface area (Å²) in [5.74, 6) is 1.90. The van der Waals surface area contributed by atoms with Crippen LogP contribution in [0.2, 0.25) is 0 Å². The topological polar surface area (TPSA) is 31.2 Å². The van der Waals surface area contributed by atoms with Gasteiger partial charge in [-0.25, -0.2) is 4.79 Å². The fourth-order valence-electron chi connectivity index (χ4n) is 1.31. The summed E-state index contributed by atoms with van der Waals surface area (Å²) in [6.07, 6.45) is 1.92. The van der Waals surface area contributed by atoms with E-state index in [-0.39, 0.29) is 5.97 Å². The van der Waals surface area contributed by atoms with Crippen LogP contribution in [0.5, 0.6) is 0 Å². The zero-order valence-electron chi connectivity index (χ0n) is 9.23. The third-order valence-corrected chi connectivity index (χ3v) is 2.87. The number of nitrogens with zero attached hydrogens (tertiary/aromatic N) is 1. The van der Waals surface area contributed by atoms with Crippen LogP contribution in [0.3, 0.4) is 0 Å². The van der Waals surface area contributed by atoms with E-state index in [1.165, 1.54) is 0 Å². The van der Waals surface area contributed by atoms with Gasteiger partial charge in [0.2, 0.25) is 0 Å². The van der Waals surface area contributed by atoms with Gasteiger partial charge in [-0.3, -0.25) is 0 Å². The van der Waals surface area contributed by atoms with E-state index >= 15 is 0 Å². The predicted octanol–water partition coefficient (Wildman–Crippen LogP) is 2.42. The standard InChI is InChI=1S/C11H17NO2S/c1-3-14-11(13)10-6-5-7-12(10)8-9-15-4-2/h5-7H,3-4,8-9H2,1-2H3.